The van der Waals surface area contributed by atoms with Crippen molar-refractivity contribution < 1.29 is 12.8 Å². The molecule has 0 bridgehead atoms. The van der Waals surface area contributed by atoms with Crippen molar-refractivity contribution >= 4 is 9.84 Å². The van der Waals surface area contributed by atoms with Crippen LogP contribution in [0.15, 0.2) is 10.5 Å². The third-order valence-electron chi connectivity index (χ3n) is 3.80. The van der Waals surface area contributed by atoms with Gasteiger partial charge in [0, 0.05) is 0 Å². The van der Waals surface area contributed by atoms with Crippen LogP contribution >= 0.6 is 0 Å². The van der Waals surface area contributed by atoms with Crippen LogP contribution in [0.4, 0.5) is 0 Å². The van der Waals surface area contributed by atoms with Crippen molar-refractivity contribution in [3.63, 3.8) is 0 Å². The van der Waals surface area contributed by atoms with Gasteiger partial charge in [-0.2, -0.15) is 0 Å². The lowest BCUT2D eigenvalue weighted by molar-refractivity contribution is 0.384. The smallest absolute Gasteiger partial charge is 0.155 e. The summed E-state index contributed by atoms with van der Waals surface area (Å²) in [4.78, 5) is 0. The van der Waals surface area contributed by atoms with Crippen LogP contribution in [0.25, 0.3) is 0 Å². The highest BCUT2D eigenvalue weighted by atomic mass is 32.2. The fourth-order valence-corrected chi connectivity index (χ4v) is 4.74. The Morgan fingerprint density at radius 3 is 2.61 bits per heavy atom. The van der Waals surface area contributed by atoms with E-state index >= 15 is 0 Å². The van der Waals surface area contributed by atoms with Gasteiger partial charge in [0.2, 0.25) is 0 Å². The van der Waals surface area contributed by atoms with Crippen LogP contribution in [0.3, 0.4) is 0 Å². The van der Waals surface area contributed by atoms with E-state index in [9.17, 15) is 8.42 Å². The van der Waals surface area contributed by atoms with Crippen LogP contribution in [-0.2, 0) is 9.84 Å². The zero-order valence-electron chi connectivity index (χ0n) is 11.2. The second kappa shape index (κ2) is 5.05. The highest BCUT2D eigenvalue weighted by Crippen LogP contribution is 2.32. The molecule has 1 aromatic heterocycles. The molecule has 2 rings (SSSR count). The number of aryl methyl sites for hydroxylation is 2. The molecule has 0 amide bonds. The Labute approximate surface area is 109 Å². The van der Waals surface area contributed by atoms with Gasteiger partial charge in [-0.25, -0.2) is 8.42 Å². The van der Waals surface area contributed by atoms with Crippen molar-refractivity contribution in [1.29, 1.82) is 0 Å². The Balaban J connectivity index is 2.33. The van der Waals surface area contributed by atoms with Gasteiger partial charge in [-0.05, 0) is 45.4 Å². The quantitative estimate of drug-likeness (QED) is 0.915. The number of hydrogen-bond acceptors (Lipinski definition) is 4. The molecule has 2 atom stereocenters. The van der Waals surface area contributed by atoms with E-state index in [4.69, 9.17) is 4.42 Å². The molecule has 5 heteroatoms. The van der Waals surface area contributed by atoms with Crippen LogP contribution in [0.2, 0.25) is 0 Å². The third-order valence-corrected chi connectivity index (χ3v) is 6.09. The lowest BCUT2D eigenvalue weighted by atomic mass is 10.0. The van der Waals surface area contributed by atoms with E-state index in [-0.39, 0.29) is 11.3 Å². The summed E-state index contributed by atoms with van der Waals surface area (Å²) >= 11 is 0. The molecule has 2 heterocycles. The first kappa shape index (κ1) is 13.6. The number of hydrogen-bond donors (Lipinski definition) is 1. The molecule has 1 N–H and O–H groups in total. The summed E-state index contributed by atoms with van der Waals surface area (Å²) in [6.07, 6.45) is 2.47. The summed E-state index contributed by atoms with van der Waals surface area (Å²) in [5, 5.41) is 2.75. The van der Waals surface area contributed by atoms with Crippen molar-refractivity contribution in [2.45, 2.75) is 44.4 Å². The average Bonchev–Trinajstić information content (AvgIpc) is 2.62. The highest BCUT2D eigenvalue weighted by molar-refractivity contribution is 7.92. The van der Waals surface area contributed by atoms with E-state index in [2.05, 4.69) is 5.32 Å². The topological polar surface area (TPSA) is 59.3 Å². The van der Waals surface area contributed by atoms with Crippen molar-refractivity contribution in [1.82, 2.24) is 5.32 Å². The molecule has 0 aromatic carbocycles. The Kier molecular flexibility index (Phi) is 3.82. The average molecular weight is 271 g/mol. The molecule has 2 unspecified atom stereocenters. The van der Waals surface area contributed by atoms with Crippen LogP contribution in [0.1, 0.15) is 42.4 Å². The molecular formula is C13H21NO3S. The molecule has 0 aliphatic carbocycles. The number of nitrogens with one attached hydrogen (secondary N) is 1. The first-order valence-electron chi connectivity index (χ1n) is 6.41. The number of furan rings is 1. The Morgan fingerprint density at radius 2 is 2.11 bits per heavy atom. The number of rotatable bonds is 3. The molecule has 1 saturated heterocycles. The van der Waals surface area contributed by atoms with Crippen LogP contribution < -0.4 is 5.32 Å². The maximum absolute atomic E-state index is 12.2. The predicted octanol–water partition coefficient (Wildman–Crippen LogP) is 2.12. The summed E-state index contributed by atoms with van der Waals surface area (Å²) < 4.78 is 30.0. The van der Waals surface area contributed by atoms with Gasteiger partial charge in [0.1, 0.15) is 11.5 Å². The van der Waals surface area contributed by atoms with Gasteiger partial charge in [0.15, 0.2) is 9.84 Å². The largest absolute Gasteiger partial charge is 0.464 e. The molecule has 1 aliphatic heterocycles. The lowest BCUT2D eigenvalue weighted by Gasteiger charge is -2.28. The maximum Gasteiger partial charge on any atom is 0.155 e. The Bertz CT molecular complexity index is 499. The number of sulfone groups is 1. The summed E-state index contributed by atoms with van der Waals surface area (Å²) in [6.45, 7) is 3.88. The Morgan fingerprint density at radius 1 is 1.39 bits per heavy atom. The van der Waals surface area contributed by atoms with Crippen LogP contribution in [0.5, 0.6) is 0 Å². The van der Waals surface area contributed by atoms with Crippen LogP contribution in [-0.4, -0.2) is 26.5 Å². The summed E-state index contributed by atoms with van der Waals surface area (Å²) in [7, 11) is -1.22. The molecule has 4 nitrogen and oxygen atoms in total. The fourth-order valence-electron chi connectivity index (χ4n) is 2.62. The summed E-state index contributed by atoms with van der Waals surface area (Å²) in [6, 6.07) is 1.71. The minimum Gasteiger partial charge on any atom is -0.464 e. The molecule has 1 aliphatic rings. The van der Waals surface area contributed by atoms with Gasteiger partial charge in [-0.3, -0.25) is 0 Å². The zero-order valence-corrected chi connectivity index (χ0v) is 12.0. The van der Waals surface area contributed by atoms with Crippen LogP contribution in [0, 0.1) is 13.8 Å². The minimum absolute atomic E-state index is 0.234. The maximum atomic E-state index is 12.2. The normalized spacial score (nSPS) is 24.9. The monoisotopic (exact) mass is 271 g/mol. The summed E-state index contributed by atoms with van der Waals surface area (Å²) in [5.74, 6) is 1.90. The first-order chi connectivity index (χ1) is 8.45. The second-order valence-corrected chi connectivity index (χ2v) is 7.39. The standard InChI is InChI=1S/C13H21NO3S/c1-9-8-11(17-10(9)2)13(14-3)12-6-4-5-7-18(12,15)16/h8,12-14H,4-7H2,1-3H3. The molecule has 102 valence electrons. The van der Waals surface area contributed by atoms with E-state index in [0.717, 1.165) is 29.9 Å². The molecule has 18 heavy (non-hydrogen) atoms. The molecule has 0 radical (unpaired) electrons. The van der Waals surface area contributed by atoms with Crippen molar-refractivity contribution in [3.05, 3.63) is 23.2 Å². The SMILES string of the molecule is CNC(c1cc(C)c(C)o1)C1CCCCS1(=O)=O. The van der Waals surface area contributed by atoms with Gasteiger partial charge < -0.3 is 9.73 Å². The highest BCUT2D eigenvalue weighted by Gasteiger charge is 2.37. The van der Waals surface area contributed by atoms with Crippen molar-refractivity contribution in [3.8, 4) is 0 Å². The van der Waals surface area contributed by atoms with E-state index in [1.807, 2.05) is 19.9 Å². The minimum atomic E-state index is -3.01. The summed E-state index contributed by atoms with van der Waals surface area (Å²) in [5.41, 5.74) is 1.07. The lowest BCUT2D eigenvalue weighted by Crippen LogP contribution is -2.39. The van der Waals surface area contributed by atoms with Crippen molar-refractivity contribution in [2.24, 2.45) is 0 Å². The van der Waals surface area contributed by atoms with E-state index in [1.54, 1.807) is 7.05 Å². The molecule has 1 aromatic rings. The zero-order chi connectivity index (χ0) is 13.3. The van der Waals surface area contributed by atoms with Gasteiger partial charge in [0.25, 0.3) is 0 Å². The van der Waals surface area contributed by atoms with E-state index < -0.39 is 9.84 Å². The van der Waals surface area contributed by atoms with Gasteiger partial charge >= 0.3 is 0 Å². The second-order valence-electron chi connectivity index (χ2n) is 5.06. The van der Waals surface area contributed by atoms with Gasteiger partial charge in [-0.1, -0.05) is 6.42 Å². The molecule has 0 saturated carbocycles. The Hall–Kier alpha value is -0.810. The van der Waals surface area contributed by atoms with E-state index in [0.29, 0.717) is 12.2 Å². The third kappa shape index (κ3) is 2.47. The molecular weight excluding hydrogens is 250 g/mol. The first-order valence-corrected chi connectivity index (χ1v) is 8.13. The van der Waals surface area contributed by atoms with Gasteiger partial charge in [0.05, 0.1) is 17.0 Å². The van der Waals surface area contributed by atoms with E-state index in [1.165, 1.54) is 0 Å². The fraction of sp³-hybridized carbons (Fsp3) is 0.692. The van der Waals surface area contributed by atoms with Gasteiger partial charge in [-0.15, -0.1) is 0 Å². The molecule has 1 fully saturated rings. The van der Waals surface area contributed by atoms with Crippen molar-refractivity contribution in [2.75, 3.05) is 12.8 Å². The predicted molar refractivity (Wildman–Crippen MR) is 71.4 cm³/mol. The molecule has 0 spiro atoms.